The third kappa shape index (κ3) is 4.85. The molecular weight excluding hydrogens is 414 g/mol. The highest BCUT2D eigenvalue weighted by molar-refractivity contribution is 7.92. The van der Waals surface area contributed by atoms with Gasteiger partial charge in [0.05, 0.1) is 27.9 Å². The fraction of sp³-hybridized carbons (Fsp3) is 0. The number of hydrogen-bond acceptors (Lipinski definition) is 5. The van der Waals surface area contributed by atoms with E-state index in [0.717, 1.165) is 12.1 Å². The number of phenolic OH excluding ortho intramolecular Hbond substituents is 1. The van der Waals surface area contributed by atoms with E-state index in [4.69, 9.17) is 16.9 Å². The Balaban J connectivity index is 1.87. The number of rotatable bonds is 5. The first kappa shape index (κ1) is 20.2. The molecule has 0 aromatic heterocycles. The molecule has 3 rings (SSSR count). The van der Waals surface area contributed by atoms with E-state index < -0.39 is 15.9 Å². The van der Waals surface area contributed by atoms with Gasteiger partial charge in [-0.3, -0.25) is 9.52 Å². The Morgan fingerprint density at radius 1 is 1.03 bits per heavy atom. The number of carbonyl (C=O) groups excluding carboxylic acids is 1. The second-order valence-electron chi connectivity index (χ2n) is 5.94. The number of nitrogens with zero attached hydrogens (tertiary/aromatic N) is 1. The van der Waals surface area contributed by atoms with Gasteiger partial charge < -0.3 is 10.4 Å². The molecule has 9 heteroatoms. The van der Waals surface area contributed by atoms with Gasteiger partial charge in [0.25, 0.3) is 15.9 Å². The molecule has 0 aliphatic rings. The summed E-state index contributed by atoms with van der Waals surface area (Å²) in [4.78, 5) is 12.2. The van der Waals surface area contributed by atoms with Crippen molar-refractivity contribution >= 4 is 38.9 Å². The van der Waals surface area contributed by atoms with Gasteiger partial charge in [-0.2, -0.15) is 5.26 Å². The molecule has 146 valence electrons. The first-order chi connectivity index (χ1) is 13.8. The van der Waals surface area contributed by atoms with Crippen molar-refractivity contribution in [2.24, 2.45) is 0 Å². The molecular formula is C20H14ClN3O4S. The highest BCUT2D eigenvalue weighted by Gasteiger charge is 2.18. The highest BCUT2D eigenvalue weighted by atomic mass is 35.5. The number of sulfonamides is 1. The van der Waals surface area contributed by atoms with Crippen molar-refractivity contribution in [3.8, 4) is 11.8 Å². The number of hydrogen-bond donors (Lipinski definition) is 3. The van der Waals surface area contributed by atoms with Crippen molar-refractivity contribution < 1.29 is 18.3 Å². The third-order valence-corrected chi connectivity index (χ3v) is 5.47. The summed E-state index contributed by atoms with van der Waals surface area (Å²) in [5, 5.41) is 21.8. The summed E-state index contributed by atoms with van der Waals surface area (Å²) in [6.45, 7) is 0. The van der Waals surface area contributed by atoms with Gasteiger partial charge in [0.15, 0.2) is 0 Å². The van der Waals surface area contributed by atoms with Crippen LogP contribution in [0.25, 0.3) is 0 Å². The van der Waals surface area contributed by atoms with Gasteiger partial charge in [-0.1, -0.05) is 23.7 Å². The predicted octanol–water partition coefficient (Wildman–Crippen LogP) is 3.97. The maximum atomic E-state index is 12.6. The minimum absolute atomic E-state index is 0.0914. The maximum absolute atomic E-state index is 12.6. The molecule has 0 spiro atoms. The zero-order valence-corrected chi connectivity index (χ0v) is 16.3. The molecule has 0 aliphatic carbocycles. The lowest BCUT2D eigenvalue weighted by Crippen LogP contribution is -2.15. The predicted molar refractivity (Wildman–Crippen MR) is 109 cm³/mol. The zero-order chi connectivity index (χ0) is 21.0. The monoisotopic (exact) mass is 427 g/mol. The summed E-state index contributed by atoms with van der Waals surface area (Å²) in [6.07, 6.45) is 0. The fourth-order valence-corrected chi connectivity index (χ4v) is 3.74. The SMILES string of the molecule is N#Cc1cccc(C(=O)Nc2cc(S(=O)(=O)Nc3cccc(Cl)c3)ccc2O)c1. The number of phenols is 1. The second-order valence-corrected chi connectivity index (χ2v) is 8.06. The normalized spacial score (nSPS) is 10.8. The lowest BCUT2D eigenvalue weighted by Gasteiger charge is -2.12. The molecule has 0 radical (unpaired) electrons. The van der Waals surface area contributed by atoms with Gasteiger partial charge in [-0.25, -0.2) is 8.42 Å². The summed E-state index contributed by atoms with van der Waals surface area (Å²) in [5.41, 5.74) is 0.661. The molecule has 0 saturated heterocycles. The Hall–Kier alpha value is -3.54. The van der Waals surface area contributed by atoms with Crippen LogP contribution in [0.4, 0.5) is 11.4 Å². The topological polar surface area (TPSA) is 119 Å². The highest BCUT2D eigenvalue weighted by Crippen LogP contribution is 2.28. The fourth-order valence-electron chi connectivity index (χ4n) is 2.47. The van der Waals surface area contributed by atoms with E-state index in [1.165, 1.54) is 30.3 Å². The molecule has 7 nitrogen and oxygen atoms in total. The van der Waals surface area contributed by atoms with Crippen molar-refractivity contribution in [1.29, 1.82) is 5.26 Å². The summed E-state index contributed by atoms with van der Waals surface area (Å²) in [5.74, 6) is -0.911. The summed E-state index contributed by atoms with van der Waals surface area (Å²) < 4.78 is 27.6. The van der Waals surface area contributed by atoms with Crippen molar-refractivity contribution in [2.45, 2.75) is 4.90 Å². The van der Waals surface area contributed by atoms with E-state index in [0.29, 0.717) is 10.6 Å². The number of nitriles is 1. The average molecular weight is 428 g/mol. The van der Waals surface area contributed by atoms with Crippen LogP contribution in [-0.4, -0.2) is 19.4 Å². The molecule has 1 amide bonds. The molecule has 3 N–H and O–H groups in total. The van der Waals surface area contributed by atoms with E-state index in [1.807, 2.05) is 6.07 Å². The van der Waals surface area contributed by atoms with Crippen LogP contribution < -0.4 is 10.0 Å². The quantitative estimate of drug-likeness (QED) is 0.532. The van der Waals surface area contributed by atoms with Crippen LogP contribution in [0.2, 0.25) is 5.02 Å². The zero-order valence-electron chi connectivity index (χ0n) is 14.8. The summed E-state index contributed by atoms with van der Waals surface area (Å²) >= 11 is 5.87. The van der Waals surface area contributed by atoms with E-state index in [2.05, 4.69) is 10.0 Å². The molecule has 3 aromatic rings. The number of amides is 1. The van der Waals surface area contributed by atoms with Crippen LogP contribution in [0, 0.1) is 11.3 Å². The Morgan fingerprint density at radius 3 is 2.52 bits per heavy atom. The molecule has 0 saturated carbocycles. The largest absolute Gasteiger partial charge is 0.506 e. The van der Waals surface area contributed by atoms with E-state index in [1.54, 1.807) is 24.3 Å². The molecule has 0 unspecified atom stereocenters. The van der Waals surface area contributed by atoms with Gasteiger partial charge in [0.1, 0.15) is 5.75 Å². The van der Waals surface area contributed by atoms with Crippen molar-refractivity contribution in [1.82, 2.24) is 0 Å². The summed E-state index contributed by atoms with van der Waals surface area (Å²) in [6, 6.07) is 17.6. The van der Waals surface area contributed by atoms with Gasteiger partial charge in [-0.05, 0) is 54.6 Å². The van der Waals surface area contributed by atoms with E-state index >= 15 is 0 Å². The van der Waals surface area contributed by atoms with Crippen LogP contribution >= 0.6 is 11.6 Å². The van der Waals surface area contributed by atoms with Crippen LogP contribution in [0.1, 0.15) is 15.9 Å². The van der Waals surface area contributed by atoms with E-state index in [-0.39, 0.29) is 27.6 Å². The van der Waals surface area contributed by atoms with E-state index in [9.17, 15) is 18.3 Å². The second kappa shape index (κ2) is 8.22. The average Bonchev–Trinajstić information content (AvgIpc) is 2.69. The van der Waals surface area contributed by atoms with Crippen LogP contribution in [0.5, 0.6) is 5.75 Å². The molecule has 0 aliphatic heterocycles. The number of aromatic hydroxyl groups is 1. The Kier molecular flexibility index (Phi) is 5.73. The number of carbonyl (C=O) groups is 1. The molecule has 29 heavy (non-hydrogen) atoms. The van der Waals surface area contributed by atoms with Crippen LogP contribution in [0.15, 0.2) is 71.6 Å². The Bertz CT molecular complexity index is 1240. The minimum atomic E-state index is -3.99. The number of nitrogens with one attached hydrogen (secondary N) is 2. The molecule has 0 heterocycles. The van der Waals surface area contributed by atoms with Crippen molar-refractivity contribution in [2.75, 3.05) is 10.0 Å². The van der Waals surface area contributed by atoms with Gasteiger partial charge in [0.2, 0.25) is 0 Å². The molecule has 0 atom stereocenters. The number of benzene rings is 3. The standard InChI is InChI=1S/C20H14ClN3O4S/c21-15-5-2-6-16(10-15)24-29(27,28)17-7-8-19(25)18(11-17)23-20(26)14-4-1-3-13(9-14)12-22/h1-11,24-25H,(H,23,26). The van der Waals surface area contributed by atoms with Crippen LogP contribution in [0.3, 0.4) is 0 Å². The Morgan fingerprint density at radius 2 is 1.79 bits per heavy atom. The van der Waals surface area contributed by atoms with Gasteiger partial charge in [-0.15, -0.1) is 0 Å². The minimum Gasteiger partial charge on any atom is -0.506 e. The summed E-state index contributed by atoms with van der Waals surface area (Å²) in [7, 11) is -3.99. The van der Waals surface area contributed by atoms with Crippen molar-refractivity contribution in [3.63, 3.8) is 0 Å². The maximum Gasteiger partial charge on any atom is 0.261 e. The first-order valence-electron chi connectivity index (χ1n) is 8.21. The molecule has 0 fully saturated rings. The van der Waals surface area contributed by atoms with Gasteiger partial charge in [0, 0.05) is 10.6 Å². The number of halogens is 1. The molecule has 3 aromatic carbocycles. The lowest BCUT2D eigenvalue weighted by molar-refractivity contribution is 0.102. The first-order valence-corrected chi connectivity index (χ1v) is 10.1. The smallest absolute Gasteiger partial charge is 0.261 e. The van der Waals surface area contributed by atoms with Crippen molar-refractivity contribution in [3.05, 3.63) is 82.9 Å². The van der Waals surface area contributed by atoms with Crippen LogP contribution in [-0.2, 0) is 10.0 Å². The third-order valence-electron chi connectivity index (χ3n) is 3.86. The Labute approximate surface area is 172 Å². The number of anilines is 2. The lowest BCUT2D eigenvalue weighted by atomic mass is 10.1. The molecule has 0 bridgehead atoms. The van der Waals surface area contributed by atoms with Gasteiger partial charge >= 0.3 is 0 Å².